The van der Waals surface area contributed by atoms with Crippen molar-refractivity contribution in [2.24, 2.45) is 40.9 Å². The van der Waals surface area contributed by atoms with Gasteiger partial charge in [0.05, 0.1) is 11.3 Å². The van der Waals surface area contributed by atoms with E-state index in [1.54, 1.807) is 17.7 Å². The van der Waals surface area contributed by atoms with Gasteiger partial charge in [0.2, 0.25) is 0 Å². The van der Waals surface area contributed by atoms with E-state index in [0.717, 1.165) is 44.5 Å². The first kappa shape index (κ1) is 44.4. The first-order valence-electron chi connectivity index (χ1n) is 19.0. The molecule has 0 saturated heterocycles. The van der Waals surface area contributed by atoms with Crippen LogP contribution in [0.5, 0.6) is 0 Å². The zero-order valence-electron chi connectivity index (χ0n) is 34.7. The van der Waals surface area contributed by atoms with Crippen molar-refractivity contribution < 1.29 is 30.0 Å². The minimum absolute atomic E-state index is 0. The standard InChI is InChI=1S/C29H30N3S.C17H32O2.Ir/c1-17-8-10-19-13-20(14-22(24(19)32-17)29(5,6)7)25-27-26(31-16-30-25)21-11-9-18(12-23(21)33-27)15-28(2,3)4;1-10(2)16(11(3)4)14(18)9-15(19)17(12(5)6)13(7)8;/h8-12,14,16H,15H2,1-7H3;9-13,16-18H,1-8H3;/q-1;;/b;14-9-;. The van der Waals surface area contributed by atoms with Crippen molar-refractivity contribution >= 4 is 48.3 Å². The van der Waals surface area contributed by atoms with Crippen LogP contribution in [0.2, 0.25) is 0 Å². The van der Waals surface area contributed by atoms with Crippen LogP contribution in [0.1, 0.15) is 114 Å². The molecule has 5 nitrogen and oxygen atoms in total. The Morgan fingerprint density at radius 3 is 1.98 bits per heavy atom. The van der Waals surface area contributed by atoms with E-state index in [9.17, 15) is 9.90 Å². The third-order valence-electron chi connectivity index (χ3n) is 9.80. The molecule has 0 saturated carbocycles. The second-order valence-corrected chi connectivity index (χ2v) is 19.3. The van der Waals surface area contributed by atoms with Crippen molar-refractivity contribution in [1.29, 1.82) is 0 Å². The molecule has 5 rings (SSSR count). The van der Waals surface area contributed by atoms with Crippen LogP contribution in [0.4, 0.5) is 0 Å². The summed E-state index contributed by atoms with van der Waals surface area (Å²) in [5.74, 6) is 1.63. The van der Waals surface area contributed by atoms with E-state index in [-0.39, 0.29) is 54.3 Å². The molecule has 1 N–H and O–H groups in total. The fourth-order valence-corrected chi connectivity index (χ4v) is 8.93. The SMILES string of the molecule is CC(C)C(C(=O)/C=C(\O)C(C(C)C)C(C)C)C(C)C.Cc1ccc2[c-]c(-c3ncnc4c3sc3cc(CC(C)(C)C)ccc34)cc(C(C)(C)C)c2n1.[Ir]. The normalized spacial score (nSPS) is 12.9. The molecule has 0 spiro atoms. The Kier molecular flexibility index (Phi) is 14.8. The zero-order chi connectivity index (χ0) is 38.9. The van der Waals surface area contributed by atoms with Gasteiger partial charge in [-0.05, 0) is 59.5 Å². The third kappa shape index (κ3) is 10.8. The van der Waals surface area contributed by atoms with Crippen molar-refractivity contribution in [3.8, 4) is 11.3 Å². The Hall–Kier alpha value is -2.99. The number of aliphatic hydroxyl groups excluding tert-OH is 1. The molecule has 0 aliphatic heterocycles. The molecule has 0 aliphatic rings. The maximum absolute atomic E-state index is 12.3. The smallest absolute Gasteiger partial charge is 0.162 e. The van der Waals surface area contributed by atoms with Gasteiger partial charge >= 0.3 is 0 Å². The topological polar surface area (TPSA) is 76.0 Å². The number of aliphatic hydroxyl groups is 1. The number of rotatable bonds is 9. The summed E-state index contributed by atoms with van der Waals surface area (Å²) in [6, 6.07) is 16.8. The van der Waals surface area contributed by atoms with Gasteiger partial charge in [-0.2, -0.15) is 0 Å². The van der Waals surface area contributed by atoms with Crippen molar-refractivity contribution in [3.63, 3.8) is 0 Å². The summed E-state index contributed by atoms with van der Waals surface area (Å²) in [7, 11) is 0. The van der Waals surface area contributed by atoms with Gasteiger partial charge < -0.3 is 5.11 Å². The Labute approximate surface area is 336 Å². The minimum Gasteiger partial charge on any atom is -0.512 e. The van der Waals surface area contributed by atoms with E-state index >= 15 is 0 Å². The van der Waals surface area contributed by atoms with Crippen LogP contribution in [0.15, 0.2) is 54.6 Å². The van der Waals surface area contributed by atoms with Crippen LogP contribution in [-0.2, 0) is 36.7 Å². The summed E-state index contributed by atoms with van der Waals surface area (Å²) >= 11 is 1.78. The van der Waals surface area contributed by atoms with Crippen molar-refractivity contribution in [2.75, 3.05) is 0 Å². The van der Waals surface area contributed by atoms with Crippen molar-refractivity contribution in [3.05, 3.63) is 77.4 Å². The number of hydrogen-bond donors (Lipinski definition) is 1. The Morgan fingerprint density at radius 1 is 0.830 bits per heavy atom. The predicted molar refractivity (Wildman–Crippen MR) is 223 cm³/mol. The molecule has 3 aromatic heterocycles. The summed E-state index contributed by atoms with van der Waals surface area (Å²) in [5.41, 5.74) is 7.82. The van der Waals surface area contributed by atoms with Gasteiger partial charge in [0, 0.05) is 69.7 Å². The predicted octanol–water partition coefficient (Wildman–Crippen LogP) is 12.9. The minimum atomic E-state index is -0.0446. The van der Waals surface area contributed by atoms with E-state index in [4.69, 9.17) is 9.97 Å². The molecule has 0 amide bonds. The molecule has 53 heavy (non-hydrogen) atoms. The number of ketones is 1. The first-order chi connectivity index (χ1) is 24.1. The summed E-state index contributed by atoms with van der Waals surface area (Å²) < 4.78 is 2.39. The van der Waals surface area contributed by atoms with Gasteiger partial charge in [-0.25, -0.2) is 4.98 Å². The summed E-state index contributed by atoms with van der Waals surface area (Å²) in [4.78, 5) is 26.6. The van der Waals surface area contributed by atoms with Gasteiger partial charge in [-0.1, -0.05) is 132 Å². The maximum atomic E-state index is 12.3. The van der Waals surface area contributed by atoms with Gasteiger partial charge in [0.15, 0.2) is 5.78 Å². The largest absolute Gasteiger partial charge is 0.512 e. The Morgan fingerprint density at radius 2 is 1.43 bits per heavy atom. The van der Waals surface area contributed by atoms with Crippen LogP contribution in [0, 0.1) is 53.9 Å². The Balaban J connectivity index is 0.000000327. The molecule has 2 aromatic carbocycles. The number of hydrogen-bond acceptors (Lipinski definition) is 6. The second-order valence-electron chi connectivity index (χ2n) is 18.3. The third-order valence-corrected chi connectivity index (χ3v) is 10.9. The molecular formula is C46H62IrN3O2S-. The van der Waals surface area contributed by atoms with E-state index in [0.29, 0.717) is 23.7 Å². The van der Waals surface area contributed by atoms with Crippen LogP contribution < -0.4 is 0 Å². The fourth-order valence-electron chi connectivity index (χ4n) is 7.71. The molecular weight excluding hydrogens is 851 g/mol. The van der Waals surface area contributed by atoms with E-state index in [1.165, 1.54) is 27.3 Å². The zero-order valence-corrected chi connectivity index (χ0v) is 37.9. The number of benzene rings is 2. The first-order valence-corrected chi connectivity index (χ1v) is 19.9. The number of carbonyl (C=O) groups excluding carboxylic acids is 1. The molecule has 1 radical (unpaired) electrons. The number of aromatic nitrogens is 3. The molecule has 3 heterocycles. The van der Waals surface area contributed by atoms with Gasteiger partial charge in [-0.15, -0.1) is 29.5 Å². The molecule has 0 unspecified atom stereocenters. The van der Waals surface area contributed by atoms with Crippen LogP contribution in [0.25, 0.3) is 42.5 Å². The number of fused-ring (bicyclic) bond motifs is 4. The second kappa shape index (κ2) is 17.6. The summed E-state index contributed by atoms with van der Waals surface area (Å²) in [5, 5.41) is 12.5. The number of thiophene rings is 1. The monoisotopic (exact) mass is 913 g/mol. The van der Waals surface area contributed by atoms with Crippen LogP contribution in [0.3, 0.4) is 0 Å². The van der Waals surface area contributed by atoms with E-state index < -0.39 is 0 Å². The fraction of sp³-hybridized carbons (Fsp3) is 0.522. The molecule has 0 bridgehead atoms. The summed E-state index contributed by atoms with van der Waals surface area (Å²) in [6.45, 7) is 32.2. The molecule has 0 aliphatic carbocycles. The van der Waals surface area contributed by atoms with E-state index in [1.807, 2.05) is 6.92 Å². The van der Waals surface area contributed by atoms with E-state index in [2.05, 4.69) is 144 Å². The van der Waals surface area contributed by atoms with Gasteiger partial charge in [-0.3, -0.25) is 14.8 Å². The number of carbonyl (C=O) groups is 1. The van der Waals surface area contributed by atoms with Crippen LogP contribution >= 0.6 is 11.3 Å². The van der Waals surface area contributed by atoms with Crippen molar-refractivity contribution in [1.82, 2.24) is 15.0 Å². The molecule has 289 valence electrons. The van der Waals surface area contributed by atoms with Crippen molar-refractivity contribution in [2.45, 2.75) is 116 Å². The molecule has 5 aromatic rings. The average Bonchev–Trinajstić information content (AvgIpc) is 3.36. The average molecular weight is 913 g/mol. The molecule has 7 heteroatoms. The molecule has 0 fully saturated rings. The summed E-state index contributed by atoms with van der Waals surface area (Å²) in [6.07, 6.45) is 4.22. The number of pyridine rings is 1. The maximum Gasteiger partial charge on any atom is 0.162 e. The van der Waals surface area contributed by atoms with Gasteiger partial charge in [0.25, 0.3) is 0 Å². The quantitative estimate of drug-likeness (QED) is 0.0906. The van der Waals surface area contributed by atoms with Crippen LogP contribution in [-0.4, -0.2) is 25.8 Å². The number of allylic oxidation sites excluding steroid dienone is 2. The van der Waals surface area contributed by atoms with Gasteiger partial charge in [0.1, 0.15) is 6.33 Å². The Bertz CT molecular complexity index is 2050. The molecule has 0 atom stereocenters. The number of nitrogens with zero attached hydrogens (tertiary/aromatic N) is 3. The number of aryl methyl sites for hydroxylation is 1.